The number of hydrogen-bond acceptors (Lipinski definition) is 4. The highest BCUT2D eigenvalue weighted by Gasteiger charge is 2.16. The molecule has 1 aromatic rings. The Morgan fingerprint density at radius 1 is 1.12 bits per heavy atom. The van der Waals surface area contributed by atoms with Crippen molar-refractivity contribution in [1.82, 2.24) is 15.4 Å². The lowest BCUT2D eigenvalue weighted by atomic mass is 10.2. The Balaban J connectivity index is 2.39. The Morgan fingerprint density at radius 2 is 1.84 bits per heavy atom. The maximum Gasteiger partial charge on any atom is 0.240 e. The molecule has 0 radical (unpaired) electrons. The second kappa shape index (κ2) is 11.4. The van der Waals surface area contributed by atoms with E-state index in [-0.39, 0.29) is 0 Å². The van der Waals surface area contributed by atoms with Gasteiger partial charge < -0.3 is 10.6 Å². The van der Waals surface area contributed by atoms with Crippen molar-refractivity contribution < 1.29 is 8.42 Å². The molecular formula is C17H30N4O2S2. The Bertz CT molecular complexity index is 661. The average Bonchev–Trinajstić information content (AvgIpc) is 2.58. The first-order valence-corrected chi connectivity index (χ1v) is 11.3. The number of benzene rings is 1. The number of nitrogens with zero attached hydrogens (tertiary/aromatic N) is 1. The minimum absolute atomic E-state index is 0.295. The van der Waals surface area contributed by atoms with Crippen molar-refractivity contribution in [3.05, 3.63) is 29.3 Å². The molecule has 0 saturated carbocycles. The van der Waals surface area contributed by atoms with Crippen LogP contribution in [0.2, 0.25) is 0 Å². The van der Waals surface area contributed by atoms with E-state index in [2.05, 4.69) is 26.6 Å². The summed E-state index contributed by atoms with van der Waals surface area (Å²) in [6.45, 7) is 5.30. The number of thioether (sulfide) groups is 1. The van der Waals surface area contributed by atoms with Crippen LogP contribution in [-0.2, 0) is 10.0 Å². The van der Waals surface area contributed by atoms with Crippen LogP contribution in [0, 0.1) is 13.8 Å². The van der Waals surface area contributed by atoms with E-state index in [9.17, 15) is 8.42 Å². The van der Waals surface area contributed by atoms with Crippen LogP contribution in [0.15, 0.2) is 28.1 Å². The zero-order valence-corrected chi connectivity index (χ0v) is 17.2. The highest BCUT2D eigenvalue weighted by Crippen LogP contribution is 2.16. The van der Waals surface area contributed by atoms with Gasteiger partial charge in [-0.2, -0.15) is 11.8 Å². The van der Waals surface area contributed by atoms with Crippen molar-refractivity contribution in [1.29, 1.82) is 0 Å². The van der Waals surface area contributed by atoms with Crippen LogP contribution >= 0.6 is 11.8 Å². The van der Waals surface area contributed by atoms with Crippen LogP contribution in [0.4, 0.5) is 0 Å². The van der Waals surface area contributed by atoms with Crippen molar-refractivity contribution in [2.24, 2.45) is 4.99 Å². The third kappa shape index (κ3) is 8.11. The molecule has 0 spiro atoms. The van der Waals surface area contributed by atoms with Crippen LogP contribution in [0.3, 0.4) is 0 Å². The maximum absolute atomic E-state index is 12.4. The molecule has 1 rings (SSSR count). The van der Waals surface area contributed by atoms with Crippen molar-refractivity contribution in [2.75, 3.05) is 38.7 Å². The van der Waals surface area contributed by atoms with Gasteiger partial charge in [-0.3, -0.25) is 4.99 Å². The fraction of sp³-hybridized carbons (Fsp3) is 0.588. The van der Waals surface area contributed by atoms with E-state index in [0.717, 1.165) is 29.8 Å². The van der Waals surface area contributed by atoms with Crippen molar-refractivity contribution >= 4 is 27.7 Å². The predicted molar refractivity (Wildman–Crippen MR) is 108 cm³/mol. The first kappa shape index (κ1) is 21.8. The van der Waals surface area contributed by atoms with Gasteiger partial charge in [-0.05, 0) is 55.9 Å². The number of guanidine groups is 1. The molecule has 8 heteroatoms. The molecule has 0 atom stereocenters. The van der Waals surface area contributed by atoms with Gasteiger partial charge in [-0.1, -0.05) is 12.1 Å². The van der Waals surface area contributed by atoms with Gasteiger partial charge in [0.05, 0.1) is 4.90 Å². The van der Waals surface area contributed by atoms with Gasteiger partial charge in [0.15, 0.2) is 5.96 Å². The number of aliphatic imine (C=N–C) groups is 1. The van der Waals surface area contributed by atoms with Crippen LogP contribution in [0.1, 0.15) is 24.0 Å². The van der Waals surface area contributed by atoms with Gasteiger partial charge in [0.1, 0.15) is 0 Å². The Hall–Kier alpha value is -1.25. The van der Waals surface area contributed by atoms with Gasteiger partial charge in [-0.25, -0.2) is 13.1 Å². The number of rotatable bonds is 10. The number of unbranched alkanes of at least 4 members (excludes halogenated alkanes) is 1. The molecule has 3 N–H and O–H groups in total. The van der Waals surface area contributed by atoms with E-state index in [1.165, 1.54) is 6.42 Å². The SMILES string of the molecule is CN=C(NCCCCSC)NCCNS(=O)(=O)c1cc(C)ccc1C. The maximum atomic E-state index is 12.4. The van der Waals surface area contributed by atoms with Crippen molar-refractivity contribution in [3.8, 4) is 0 Å². The Labute approximate surface area is 156 Å². The summed E-state index contributed by atoms with van der Waals surface area (Å²) in [5.41, 5.74) is 1.67. The molecule has 6 nitrogen and oxygen atoms in total. The normalized spacial score (nSPS) is 12.2. The summed E-state index contributed by atoms with van der Waals surface area (Å²) in [7, 11) is -1.79. The zero-order chi connectivity index (χ0) is 18.7. The van der Waals surface area contributed by atoms with E-state index in [4.69, 9.17) is 0 Å². The third-order valence-corrected chi connectivity index (χ3v) is 5.93. The van der Waals surface area contributed by atoms with E-state index < -0.39 is 10.0 Å². The van der Waals surface area contributed by atoms with Crippen LogP contribution in [0.5, 0.6) is 0 Å². The largest absolute Gasteiger partial charge is 0.356 e. The van der Waals surface area contributed by atoms with Gasteiger partial charge in [-0.15, -0.1) is 0 Å². The minimum atomic E-state index is -3.50. The molecule has 0 aliphatic rings. The summed E-state index contributed by atoms with van der Waals surface area (Å²) in [6.07, 6.45) is 4.36. The topological polar surface area (TPSA) is 82.6 Å². The number of aryl methyl sites for hydroxylation is 2. The average molecular weight is 387 g/mol. The van der Waals surface area contributed by atoms with Gasteiger partial charge in [0.2, 0.25) is 10.0 Å². The smallest absolute Gasteiger partial charge is 0.240 e. The summed E-state index contributed by atoms with van der Waals surface area (Å²) in [6, 6.07) is 5.43. The van der Waals surface area contributed by atoms with Gasteiger partial charge >= 0.3 is 0 Å². The van der Waals surface area contributed by atoms with Gasteiger partial charge in [0.25, 0.3) is 0 Å². The molecular weight excluding hydrogens is 356 g/mol. The predicted octanol–water partition coefficient (Wildman–Crippen LogP) is 1.89. The highest BCUT2D eigenvalue weighted by atomic mass is 32.2. The van der Waals surface area contributed by atoms with Crippen molar-refractivity contribution in [3.63, 3.8) is 0 Å². The summed E-state index contributed by atoms with van der Waals surface area (Å²) >= 11 is 1.85. The lowest BCUT2D eigenvalue weighted by molar-refractivity contribution is 0.579. The van der Waals surface area contributed by atoms with Crippen LogP contribution in [0.25, 0.3) is 0 Å². The van der Waals surface area contributed by atoms with Gasteiger partial charge in [0, 0.05) is 26.7 Å². The Morgan fingerprint density at radius 3 is 2.52 bits per heavy atom. The standard InChI is InChI=1S/C17H30N4O2S2/c1-14-7-8-15(2)16(13-14)25(22,23)21-11-10-20-17(18-3)19-9-5-6-12-24-4/h7-8,13,21H,5-6,9-12H2,1-4H3,(H2,18,19,20). The summed E-state index contributed by atoms with van der Waals surface area (Å²) < 4.78 is 27.4. The quantitative estimate of drug-likeness (QED) is 0.325. The minimum Gasteiger partial charge on any atom is -0.356 e. The second-order valence-electron chi connectivity index (χ2n) is 5.79. The number of sulfonamides is 1. The first-order valence-electron chi connectivity index (χ1n) is 8.41. The molecule has 142 valence electrons. The molecule has 0 aliphatic heterocycles. The molecule has 0 saturated heterocycles. The van der Waals surface area contributed by atoms with Crippen LogP contribution in [-0.4, -0.2) is 53.1 Å². The van der Waals surface area contributed by atoms with Crippen LogP contribution < -0.4 is 15.4 Å². The molecule has 0 aromatic heterocycles. The lowest BCUT2D eigenvalue weighted by Gasteiger charge is -2.13. The number of hydrogen-bond donors (Lipinski definition) is 3. The molecule has 0 amide bonds. The number of nitrogens with one attached hydrogen (secondary N) is 3. The van der Waals surface area contributed by atoms with E-state index in [0.29, 0.717) is 23.9 Å². The van der Waals surface area contributed by atoms with E-state index in [1.54, 1.807) is 20.0 Å². The summed E-state index contributed by atoms with van der Waals surface area (Å²) in [5.74, 6) is 1.85. The third-order valence-electron chi connectivity index (χ3n) is 3.63. The summed E-state index contributed by atoms with van der Waals surface area (Å²) in [4.78, 5) is 4.47. The molecule has 0 unspecified atom stereocenters. The molecule has 0 fully saturated rings. The second-order valence-corrected chi connectivity index (χ2v) is 8.51. The summed E-state index contributed by atoms with van der Waals surface area (Å²) in [5, 5.41) is 6.34. The molecule has 0 bridgehead atoms. The fourth-order valence-corrected chi connectivity index (χ4v) is 4.09. The van der Waals surface area contributed by atoms with E-state index >= 15 is 0 Å². The molecule has 0 heterocycles. The highest BCUT2D eigenvalue weighted by molar-refractivity contribution is 7.98. The zero-order valence-electron chi connectivity index (χ0n) is 15.6. The first-order chi connectivity index (χ1) is 11.9. The lowest BCUT2D eigenvalue weighted by Crippen LogP contribution is -2.41. The Kier molecular flexibility index (Phi) is 9.92. The van der Waals surface area contributed by atoms with Crippen molar-refractivity contribution in [2.45, 2.75) is 31.6 Å². The fourth-order valence-electron chi connectivity index (χ4n) is 2.24. The molecule has 0 aliphatic carbocycles. The molecule has 25 heavy (non-hydrogen) atoms. The monoisotopic (exact) mass is 386 g/mol. The molecule has 1 aromatic carbocycles. The van der Waals surface area contributed by atoms with E-state index in [1.807, 2.05) is 30.8 Å².